The Kier molecular flexibility index (Phi) is 3.80. The highest BCUT2D eigenvalue weighted by molar-refractivity contribution is 5.78. The van der Waals surface area contributed by atoms with Crippen molar-refractivity contribution in [3.8, 4) is 0 Å². The van der Waals surface area contributed by atoms with Gasteiger partial charge in [-0.2, -0.15) is 0 Å². The van der Waals surface area contributed by atoms with Crippen molar-refractivity contribution in [1.82, 2.24) is 4.90 Å². The van der Waals surface area contributed by atoms with E-state index >= 15 is 0 Å². The van der Waals surface area contributed by atoms with E-state index in [9.17, 15) is 0 Å². The molecule has 0 aromatic carbocycles. The third-order valence-corrected chi connectivity index (χ3v) is 2.82. The molecule has 0 aliphatic carbocycles. The Bertz CT molecular complexity index is 221. The van der Waals surface area contributed by atoms with E-state index in [0.29, 0.717) is 12.5 Å². The molecule has 2 rings (SSSR count). The molecule has 2 aliphatic rings. The molecule has 0 spiro atoms. The first kappa shape index (κ1) is 10.7. The Morgan fingerprint density at radius 2 is 2.13 bits per heavy atom. The number of aliphatic imine (C=N–C) groups is 1. The van der Waals surface area contributed by atoms with E-state index in [2.05, 4.69) is 9.89 Å². The van der Waals surface area contributed by atoms with Gasteiger partial charge in [0.25, 0.3) is 0 Å². The Hall–Kier alpha value is -0.810. The first-order valence-electron chi connectivity index (χ1n) is 5.60. The third-order valence-electron chi connectivity index (χ3n) is 2.82. The molecule has 0 radical (unpaired) electrons. The summed E-state index contributed by atoms with van der Waals surface area (Å²) in [5.74, 6) is 0.633. The van der Waals surface area contributed by atoms with Crippen LogP contribution in [-0.2, 0) is 9.47 Å². The van der Waals surface area contributed by atoms with Gasteiger partial charge in [0.2, 0.25) is 0 Å². The van der Waals surface area contributed by atoms with Gasteiger partial charge in [0.15, 0.2) is 5.96 Å². The van der Waals surface area contributed by atoms with Gasteiger partial charge in [-0.25, -0.2) is 0 Å². The van der Waals surface area contributed by atoms with Crippen LogP contribution in [0.5, 0.6) is 0 Å². The van der Waals surface area contributed by atoms with E-state index in [4.69, 9.17) is 15.2 Å². The fourth-order valence-electron chi connectivity index (χ4n) is 1.88. The van der Waals surface area contributed by atoms with Crippen LogP contribution in [0.25, 0.3) is 0 Å². The molecule has 2 saturated heterocycles. The van der Waals surface area contributed by atoms with E-state index in [1.165, 1.54) is 0 Å². The number of guanidine groups is 1. The maximum absolute atomic E-state index is 5.89. The van der Waals surface area contributed by atoms with Crippen LogP contribution < -0.4 is 5.73 Å². The Labute approximate surface area is 90.2 Å². The summed E-state index contributed by atoms with van der Waals surface area (Å²) in [7, 11) is 0. The molecule has 0 aromatic heterocycles. The van der Waals surface area contributed by atoms with Gasteiger partial charge in [-0.05, 0) is 12.8 Å². The topological polar surface area (TPSA) is 60.1 Å². The fourth-order valence-corrected chi connectivity index (χ4v) is 1.88. The summed E-state index contributed by atoms with van der Waals surface area (Å²) in [6.45, 7) is 4.76. The lowest BCUT2D eigenvalue weighted by Crippen LogP contribution is -2.45. The smallest absolute Gasteiger partial charge is 0.191 e. The van der Waals surface area contributed by atoms with E-state index < -0.39 is 0 Å². The second-order valence-corrected chi connectivity index (χ2v) is 3.93. The van der Waals surface area contributed by atoms with Crippen molar-refractivity contribution in [3.63, 3.8) is 0 Å². The maximum Gasteiger partial charge on any atom is 0.191 e. The molecule has 5 nitrogen and oxygen atoms in total. The lowest BCUT2D eigenvalue weighted by atomic mass is 10.2. The van der Waals surface area contributed by atoms with Crippen LogP contribution in [0, 0.1) is 0 Å². The molecule has 0 amide bonds. The molecule has 5 heteroatoms. The standard InChI is InChI=1S/C10H19N3O2/c11-10(13-3-6-14-7-4-13)12-8-9-2-1-5-15-9/h9H,1-8H2,(H2,11,12)/t9-/m1/s1. The minimum Gasteiger partial charge on any atom is -0.378 e. The van der Waals surface area contributed by atoms with Crippen LogP contribution in [0.4, 0.5) is 0 Å². The predicted molar refractivity (Wildman–Crippen MR) is 57.9 cm³/mol. The van der Waals surface area contributed by atoms with Crippen LogP contribution >= 0.6 is 0 Å². The van der Waals surface area contributed by atoms with E-state index in [-0.39, 0.29) is 6.10 Å². The molecule has 15 heavy (non-hydrogen) atoms. The van der Waals surface area contributed by atoms with Gasteiger partial charge in [-0.1, -0.05) is 0 Å². The lowest BCUT2D eigenvalue weighted by molar-refractivity contribution is 0.0670. The summed E-state index contributed by atoms with van der Waals surface area (Å²) in [6.07, 6.45) is 2.54. The fraction of sp³-hybridized carbons (Fsp3) is 0.900. The summed E-state index contributed by atoms with van der Waals surface area (Å²) in [4.78, 5) is 6.44. The van der Waals surface area contributed by atoms with E-state index in [1.807, 2.05) is 0 Å². The molecule has 2 fully saturated rings. The second kappa shape index (κ2) is 5.32. The number of hydrogen-bond donors (Lipinski definition) is 1. The van der Waals surface area contributed by atoms with Crippen LogP contribution in [-0.4, -0.2) is 56.4 Å². The van der Waals surface area contributed by atoms with Gasteiger partial charge >= 0.3 is 0 Å². The molecule has 0 saturated carbocycles. The molecular formula is C10H19N3O2. The van der Waals surface area contributed by atoms with Gasteiger partial charge in [-0.15, -0.1) is 0 Å². The lowest BCUT2D eigenvalue weighted by Gasteiger charge is -2.27. The predicted octanol–water partition coefficient (Wildman–Crippen LogP) is -0.188. The van der Waals surface area contributed by atoms with Crippen molar-refractivity contribution in [2.24, 2.45) is 10.7 Å². The SMILES string of the molecule is NC(=NC[C@H]1CCCO1)N1CCOCC1. The normalized spacial score (nSPS) is 28.4. The molecular weight excluding hydrogens is 194 g/mol. The van der Waals surface area contributed by atoms with Crippen molar-refractivity contribution in [2.45, 2.75) is 18.9 Å². The summed E-state index contributed by atoms with van der Waals surface area (Å²) in [5.41, 5.74) is 5.89. The van der Waals surface area contributed by atoms with Crippen molar-refractivity contribution < 1.29 is 9.47 Å². The number of ether oxygens (including phenoxy) is 2. The zero-order valence-electron chi connectivity index (χ0n) is 9.02. The van der Waals surface area contributed by atoms with Gasteiger partial charge in [0.05, 0.1) is 25.9 Å². The van der Waals surface area contributed by atoms with Crippen LogP contribution in [0.1, 0.15) is 12.8 Å². The van der Waals surface area contributed by atoms with Crippen molar-refractivity contribution in [2.75, 3.05) is 39.5 Å². The average Bonchev–Trinajstić information content (AvgIpc) is 2.80. The van der Waals surface area contributed by atoms with Crippen molar-refractivity contribution in [3.05, 3.63) is 0 Å². The van der Waals surface area contributed by atoms with Gasteiger partial charge < -0.3 is 20.1 Å². The van der Waals surface area contributed by atoms with Gasteiger partial charge in [-0.3, -0.25) is 4.99 Å². The van der Waals surface area contributed by atoms with Gasteiger partial charge in [0, 0.05) is 19.7 Å². The van der Waals surface area contributed by atoms with Gasteiger partial charge in [0.1, 0.15) is 0 Å². The minimum atomic E-state index is 0.282. The number of nitrogens with zero attached hydrogens (tertiary/aromatic N) is 2. The molecule has 86 valence electrons. The summed E-state index contributed by atoms with van der Waals surface area (Å²) < 4.78 is 10.7. The number of morpholine rings is 1. The zero-order valence-corrected chi connectivity index (χ0v) is 9.02. The van der Waals surface area contributed by atoms with Crippen LogP contribution in [0.15, 0.2) is 4.99 Å². The highest BCUT2D eigenvalue weighted by Gasteiger charge is 2.16. The molecule has 2 aliphatic heterocycles. The highest BCUT2D eigenvalue weighted by atomic mass is 16.5. The monoisotopic (exact) mass is 213 g/mol. The molecule has 2 heterocycles. The number of hydrogen-bond acceptors (Lipinski definition) is 3. The highest BCUT2D eigenvalue weighted by Crippen LogP contribution is 2.11. The molecule has 0 unspecified atom stereocenters. The molecule has 1 atom stereocenters. The van der Waals surface area contributed by atoms with Crippen molar-refractivity contribution in [1.29, 1.82) is 0 Å². The number of rotatable bonds is 2. The average molecular weight is 213 g/mol. The Balaban J connectivity index is 1.77. The van der Waals surface area contributed by atoms with E-state index in [1.54, 1.807) is 0 Å². The summed E-state index contributed by atoms with van der Waals surface area (Å²) in [5, 5.41) is 0. The quantitative estimate of drug-likeness (QED) is 0.510. The largest absolute Gasteiger partial charge is 0.378 e. The number of nitrogens with two attached hydrogens (primary N) is 1. The van der Waals surface area contributed by atoms with Crippen molar-refractivity contribution >= 4 is 5.96 Å². The Morgan fingerprint density at radius 3 is 2.80 bits per heavy atom. The minimum absolute atomic E-state index is 0.282. The Morgan fingerprint density at radius 1 is 1.33 bits per heavy atom. The van der Waals surface area contributed by atoms with Crippen LogP contribution in [0.2, 0.25) is 0 Å². The first-order valence-corrected chi connectivity index (χ1v) is 5.60. The second-order valence-electron chi connectivity index (χ2n) is 3.93. The third kappa shape index (κ3) is 3.07. The molecule has 0 bridgehead atoms. The van der Waals surface area contributed by atoms with E-state index in [0.717, 1.165) is 45.8 Å². The summed E-state index contributed by atoms with van der Waals surface area (Å²) >= 11 is 0. The zero-order chi connectivity index (χ0) is 10.5. The molecule has 0 aromatic rings. The summed E-state index contributed by atoms with van der Waals surface area (Å²) in [6, 6.07) is 0. The maximum atomic E-state index is 5.89. The first-order chi connectivity index (χ1) is 7.36. The van der Waals surface area contributed by atoms with Crippen LogP contribution in [0.3, 0.4) is 0 Å². The molecule has 2 N–H and O–H groups in total.